The average Bonchev–Trinajstić information content (AvgIpc) is 2.96. The highest BCUT2D eigenvalue weighted by Crippen LogP contribution is 2.27. The number of hydrogen-bond acceptors (Lipinski definition) is 5. The molecule has 0 aromatic heterocycles. The minimum atomic E-state index is -0.538. The second-order valence-electron chi connectivity index (χ2n) is 8.72. The number of β-amino-alcohol motifs (C(OH)–C–C–N with tert-alkyl or cyclic N) is 1. The maximum Gasteiger partial charge on any atom is 0.119 e. The summed E-state index contributed by atoms with van der Waals surface area (Å²) in [5, 5.41) is 24.3. The van der Waals surface area contributed by atoms with Crippen molar-refractivity contribution in [1.82, 2.24) is 10.2 Å². The monoisotopic (exact) mass is 390 g/mol. The Morgan fingerprint density at radius 1 is 1.04 bits per heavy atom. The molecule has 1 saturated carbocycles. The Hall–Kier alpha value is -1.14. The summed E-state index contributed by atoms with van der Waals surface area (Å²) in [6.07, 6.45) is 9.92. The maximum atomic E-state index is 10.6. The molecule has 3 rings (SSSR count). The summed E-state index contributed by atoms with van der Waals surface area (Å²) in [5.41, 5.74) is 0.600. The lowest BCUT2D eigenvalue weighted by atomic mass is 9.85. The lowest BCUT2D eigenvalue weighted by Crippen LogP contribution is -2.41. The van der Waals surface area contributed by atoms with E-state index in [0.717, 1.165) is 56.6 Å². The number of rotatable bonds is 9. The zero-order chi connectivity index (χ0) is 19.7. The molecular formula is C23H38N2O3. The van der Waals surface area contributed by atoms with Crippen molar-refractivity contribution in [3.05, 3.63) is 29.8 Å². The van der Waals surface area contributed by atoms with Crippen LogP contribution in [0.25, 0.3) is 0 Å². The maximum absolute atomic E-state index is 10.6. The first-order valence-electron chi connectivity index (χ1n) is 11.2. The molecule has 1 aromatic carbocycles. The summed E-state index contributed by atoms with van der Waals surface area (Å²) in [4.78, 5) is 2.36. The third-order valence-electron chi connectivity index (χ3n) is 6.08. The van der Waals surface area contributed by atoms with E-state index in [1.807, 2.05) is 18.2 Å². The van der Waals surface area contributed by atoms with Gasteiger partial charge < -0.3 is 25.2 Å². The molecule has 1 aliphatic carbocycles. The van der Waals surface area contributed by atoms with Crippen LogP contribution in [0.3, 0.4) is 0 Å². The van der Waals surface area contributed by atoms with Gasteiger partial charge in [0.05, 0.1) is 5.60 Å². The van der Waals surface area contributed by atoms with Crippen LogP contribution in [0.15, 0.2) is 24.3 Å². The number of ether oxygens (including phenoxy) is 1. The quantitative estimate of drug-likeness (QED) is 0.605. The zero-order valence-corrected chi connectivity index (χ0v) is 17.2. The Bertz CT molecular complexity index is 567. The molecule has 1 heterocycles. The summed E-state index contributed by atoms with van der Waals surface area (Å²) < 4.78 is 5.84. The first-order valence-corrected chi connectivity index (χ1v) is 11.2. The van der Waals surface area contributed by atoms with Crippen LogP contribution < -0.4 is 10.1 Å². The Morgan fingerprint density at radius 2 is 1.75 bits per heavy atom. The minimum absolute atomic E-state index is 0.327. The highest BCUT2D eigenvalue weighted by Gasteiger charge is 2.28. The van der Waals surface area contributed by atoms with E-state index in [4.69, 9.17) is 4.74 Å². The van der Waals surface area contributed by atoms with Gasteiger partial charge in [-0.2, -0.15) is 0 Å². The van der Waals surface area contributed by atoms with Crippen LogP contribution in [0, 0.1) is 0 Å². The number of nitrogens with one attached hydrogen (secondary N) is 1. The molecule has 5 nitrogen and oxygen atoms in total. The summed E-state index contributed by atoms with van der Waals surface area (Å²) in [7, 11) is 0. The predicted octanol–water partition coefficient (Wildman–Crippen LogP) is 3.09. The van der Waals surface area contributed by atoms with Crippen molar-refractivity contribution in [3.63, 3.8) is 0 Å². The summed E-state index contributed by atoms with van der Waals surface area (Å²) in [6, 6.07) is 8.02. The summed E-state index contributed by atoms with van der Waals surface area (Å²) >= 11 is 0. The van der Waals surface area contributed by atoms with Gasteiger partial charge in [-0.05, 0) is 56.5 Å². The second kappa shape index (κ2) is 11.1. The molecular weight excluding hydrogens is 352 g/mol. The average molecular weight is 391 g/mol. The minimum Gasteiger partial charge on any atom is -0.491 e. The molecule has 0 bridgehead atoms. The van der Waals surface area contributed by atoms with Gasteiger partial charge in [0.2, 0.25) is 0 Å². The Morgan fingerprint density at radius 3 is 2.50 bits per heavy atom. The first-order chi connectivity index (χ1) is 13.6. The van der Waals surface area contributed by atoms with Crippen LogP contribution >= 0.6 is 0 Å². The topological polar surface area (TPSA) is 65.0 Å². The highest BCUT2D eigenvalue weighted by molar-refractivity contribution is 5.28. The van der Waals surface area contributed by atoms with Crippen molar-refractivity contribution in [1.29, 1.82) is 0 Å². The smallest absolute Gasteiger partial charge is 0.119 e. The lowest BCUT2D eigenvalue weighted by Gasteiger charge is -2.32. The van der Waals surface area contributed by atoms with E-state index in [-0.39, 0.29) is 0 Å². The Labute approximate surface area is 170 Å². The molecule has 3 N–H and O–H groups in total. The number of aliphatic hydroxyl groups is 2. The summed E-state index contributed by atoms with van der Waals surface area (Å²) in [6.45, 7) is 4.56. The first kappa shape index (κ1) is 21.6. The van der Waals surface area contributed by atoms with Crippen LogP contribution in [0.4, 0.5) is 0 Å². The van der Waals surface area contributed by atoms with E-state index in [1.54, 1.807) is 0 Å². The molecule has 1 saturated heterocycles. The third-order valence-corrected chi connectivity index (χ3v) is 6.08. The molecule has 1 atom stereocenters. The molecule has 0 amide bonds. The largest absolute Gasteiger partial charge is 0.491 e. The number of likely N-dealkylation sites (tertiary alicyclic amines) is 1. The van der Waals surface area contributed by atoms with Crippen molar-refractivity contribution in [2.75, 3.05) is 32.8 Å². The van der Waals surface area contributed by atoms with Crippen LogP contribution in [0.5, 0.6) is 5.75 Å². The number of hydrogen-bond donors (Lipinski definition) is 3. The van der Waals surface area contributed by atoms with E-state index in [0.29, 0.717) is 19.7 Å². The van der Waals surface area contributed by atoms with E-state index >= 15 is 0 Å². The van der Waals surface area contributed by atoms with Crippen LogP contribution in [-0.4, -0.2) is 59.6 Å². The Balaban J connectivity index is 1.39. The van der Waals surface area contributed by atoms with Gasteiger partial charge in [0.15, 0.2) is 0 Å². The highest BCUT2D eigenvalue weighted by atomic mass is 16.5. The van der Waals surface area contributed by atoms with Crippen molar-refractivity contribution < 1.29 is 14.9 Å². The van der Waals surface area contributed by atoms with Crippen LogP contribution in [0.2, 0.25) is 0 Å². The molecule has 1 aliphatic heterocycles. The summed E-state index contributed by atoms with van der Waals surface area (Å²) in [5.74, 6) is 0.797. The van der Waals surface area contributed by atoms with Crippen molar-refractivity contribution in [2.24, 2.45) is 0 Å². The fourth-order valence-electron chi connectivity index (χ4n) is 4.43. The standard InChI is InChI=1S/C23H38N2O3/c26-21(17-25-13-6-1-2-7-14-25)18-28-22-10-8-9-20(15-22)16-24-19-23(27)11-4-3-5-12-23/h8-10,15,21,24,26-27H,1-7,11-14,16-19H2. The normalized spacial score (nSPS) is 21.8. The van der Waals surface area contributed by atoms with E-state index in [1.165, 1.54) is 32.1 Å². The zero-order valence-electron chi connectivity index (χ0n) is 17.2. The fraction of sp³-hybridized carbons (Fsp3) is 0.739. The fourth-order valence-corrected chi connectivity index (χ4v) is 4.43. The molecule has 0 radical (unpaired) electrons. The van der Waals surface area contributed by atoms with E-state index in [2.05, 4.69) is 16.3 Å². The van der Waals surface area contributed by atoms with Crippen molar-refractivity contribution in [3.8, 4) is 5.75 Å². The molecule has 158 valence electrons. The number of nitrogens with zero attached hydrogens (tertiary/aromatic N) is 1. The van der Waals surface area contributed by atoms with Crippen LogP contribution in [0.1, 0.15) is 63.4 Å². The second-order valence-corrected chi connectivity index (χ2v) is 8.72. The molecule has 28 heavy (non-hydrogen) atoms. The van der Waals surface area contributed by atoms with Gasteiger partial charge in [-0.25, -0.2) is 0 Å². The SMILES string of the molecule is OC(COc1cccc(CNCC2(O)CCCCC2)c1)CN1CCCCCC1. The van der Waals surface area contributed by atoms with Crippen molar-refractivity contribution >= 4 is 0 Å². The van der Waals surface area contributed by atoms with E-state index < -0.39 is 11.7 Å². The molecule has 2 aliphatic rings. The van der Waals surface area contributed by atoms with Gasteiger partial charge in [0.1, 0.15) is 18.5 Å². The van der Waals surface area contributed by atoms with Crippen molar-refractivity contribution in [2.45, 2.75) is 76.0 Å². The third kappa shape index (κ3) is 7.36. The molecule has 0 spiro atoms. The predicted molar refractivity (Wildman–Crippen MR) is 113 cm³/mol. The van der Waals surface area contributed by atoms with E-state index in [9.17, 15) is 10.2 Å². The number of aliphatic hydroxyl groups excluding tert-OH is 1. The van der Waals surface area contributed by atoms with Gasteiger partial charge >= 0.3 is 0 Å². The Kier molecular flexibility index (Phi) is 8.59. The van der Waals surface area contributed by atoms with Gasteiger partial charge in [-0.15, -0.1) is 0 Å². The van der Waals surface area contributed by atoms with Gasteiger partial charge in [0.25, 0.3) is 0 Å². The number of benzene rings is 1. The van der Waals surface area contributed by atoms with Gasteiger partial charge in [-0.1, -0.05) is 44.2 Å². The molecule has 2 fully saturated rings. The van der Waals surface area contributed by atoms with Gasteiger partial charge in [-0.3, -0.25) is 0 Å². The van der Waals surface area contributed by atoms with Crippen LogP contribution in [-0.2, 0) is 6.54 Å². The molecule has 1 unspecified atom stereocenters. The molecule has 1 aromatic rings. The molecule has 5 heteroatoms. The lowest BCUT2D eigenvalue weighted by molar-refractivity contribution is 0.00467. The van der Waals surface area contributed by atoms with Gasteiger partial charge in [0, 0.05) is 19.6 Å².